The SMILES string of the molecule is COCCN1C(=O)C[C@](CC(=O)N2CCC[C@@H](C)C2)(c2ccccc2F)C1=O. The highest BCUT2D eigenvalue weighted by molar-refractivity contribution is 6.10. The number of benzene rings is 1. The number of piperidine rings is 1. The Morgan fingerprint density at radius 1 is 1.32 bits per heavy atom. The summed E-state index contributed by atoms with van der Waals surface area (Å²) >= 11 is 0. The molecule has 3 amide bonds. The molecule has 2 fully saturated rings. The molecule has 0 spiro atoms. The molecule has 3 rings (SSSR count). The Kier molecular flexibility index (Phi) is 6.13. The van der Waals surface area contributed by atoms with E-state index < -0.39 is 23.0 Å². The van der Waals surface area contributed by atoms with Crippen LogP contribution in [0.25, 0.3) is 0 Å². The zero-order valence-corrected chi connectivity index (χ0v) is 16.4. The van der Waals surface area contributed by atoms with Gasteiger partial charge in [0, 0.05) is 38.6 Å². The van der Waals surface area contributed by atoms with Gasteiger partial charge in [0.05, 0.1) is 18.6 Å². The number of hydrogen-bond acceptors (Lipinski definition) is 4. The van der Waals surface area contributed by atoms with E-state index in [1.807, 2.05) is 0 Å². The Morgan fingerprint density at radius 2 is 2.07 bits per heavy atom. The van der Waals surface area contributed by atoms with Gasteiger partial charge in [-0.15, -0.1) is 0 Å². The number of methoxy groups -OCH3 is 1. The van der Waals surface area contributed by atoms with Crippen LogP contribution in [0.3, 0.4) is 0 Å². The highest BCUT2D eigenvalue weighted by Gasteiger charge is 2.55. The summed E-state index contributed by atoms with van der Waals surface area (Å²) in [4.78, 5) is 41.8. The topological polar surface area (TPSA) is 66.9 Å². The number of carbonyl (C=O) groups excluding carboxylic acids is 3. The highest BCUT2D eigenvalue weighted by atomic mass is 19.1. The summed E-state index contributed by atoms with van der Waals surface area (Å²) < 4.78 is 19.7. The van der Waals surface area contributed by atoms with Crippen molar-refractivity contribution < 1.29 is 23.5 Å². The second-order valence-electron chi connectivity index (χ2n) is 7.85. The summed E-state index contributed by atoms with van der Waals surface area (Å²) in [7, 11) is 1.48. The first kappa shape index (κ1) is 20.5. The van der Waals surface area contributed by atoms with E-state index in [1.54, 1.807) is 11.0 Å². The van der Waals surface area contributed by atoms with E-state index >= 15 is 0 Å². The molecule has 28 heavy (non-hydrogen) atoms. The number of carbonyl (C=O) groups is 3. The maximum Gasteiger partial charge on any atom is 0.241 e. The molecule has 1 aromatic rings. The molecule has 0 saturated carbocycles. The molecule has 6 nitrogen and oxygen atoms in total. The molecule has 0 bridgehead atoms. The minimum atomic E-state index is -1.49. The number of amides is 3. The van der Waals surface area contributed by atoms with Gasteiger partial charge < -0.3 is 9.64 Å². The average Bonchev–Trinajstić information content (AvgIpc) is 2.90. The van der Waals surface area contributed by atoms with Crippen molar-refractivity contribution in [2.24, 2.45) is 5.92 Å². The summed E-state index contributed by atoms with van der Waals surface area (Å²) in [5, 5.41) is 0. The standard InChI is InChI=1S/C21H27FN2O4/c1-15-6-5-9-23(14-15)18(25)12-21(16-7-3-4-8-17(16)22)13-19(26)24(20(21)27)10-11-28-2/h3-4,7-8,15H,5-6,9-14H2,1-2H3/t15-,21-/m1/s1. The van der Waals surface area contributed by atoms with Gasteiger partial charge in [-0.2, -0.15) is 0 Å². The highest BCUT2D eigenvalue weighted by Crippen LogP contribution is 2.41. The molecule has 2 aliphatic rings. The first-order chi connectivity index (χ1) is 13.4. The van der Waals surface area contributed by atoms with Crippen molar-refractivity contribution in [3.8, 4) is 0 Å². The van der Waals surface area contributed by atoms with E-state index in [-0.39, 0.29) is 37.5 Å². The molecule has 0 radical (unpaired) electrons. The smallest absolute Gasteiger partial charge is 0.241 e. The molecule has 0 N–H and O–H groups in total. The van der Waals surface area contributed by atoms with Crippen LogP contribution >= 0.6 is 0 Å². The van der Waals surface area contributed by atoms with Gasteiger partial charge in [0.1, 0.15) is 5.82 Å². The summed E-state index contributed by atoms with van der Waals surface area (Å²) in [5.41, 5.74) is -1.37. The lowest BCUT2D eigenvalue weighted by atomic mass is 9.75. The van der Waals surface area contributed by atoms with Gasteiger partial charge in [-0.3, -0.25) is 19.3 Å². The van der Waals surface area contributed by atoms with Crippen molar-refractivity contribution in [3.05, 3.63) is 35.6 Å². The fourth-order valence-electron chi connectivity index (χ4n) is 4.29. The van der Waals surface area contributed by atoms with Crippen LogP contribution < -0.4 is 0 Å². The van der Waals surface area contributed by atoms with Crippen molar-refractivity contribution >= 4 is 17.7 Å². The number of hydrogen-bond donors (Lipinski definition) is 0. The monoisotopic (exact) mass is 390 g/mol. The van der Waals surface area contributed by atoms with E-state index in [0.717, 1.165) is 17.7 Å². The Morgan fingerprint density at radius 3 is 2.75 bits per heavy atom. The summed E-state index contributed by atoms with van der Waals surface area (Å²) in [5.74, 6) is -1.30. The number of halogens is 1. The summed E-state index contributed by atoms with van der Waals surface area (Å²) in [6.07, 6.45) is 1.57. The van der Waals surface area contributed by atoms with Crippen LogP contribution in [-0.4, -0.2) is 60.9 Å². The third-order valence-corrected chi connectivity index (χ3v) is 5.78. The van der Waals surface area contributed by atoms with E-state index in [2.05, 4.69) is 6.92 Å². The lowest BCUT2D eigenvalue weighted by Gasteiger charge is -2.34. The number of nitrogens with zero attached hydrogens (tertiary/aromatic N) is 2. The fourth-order valence-corrected chi connectivity index (χ4v) is 4.29. The van der Waals surface area contributed by atoms with E-state index in [4.69, 9.17) is 4.74 Å². The van der Waals surface area contributed by atoms with E-state index in [1.165, 1.54) is 25.3 Å². The lowest BCUT2D eigenvalue weighted by Crippen LogP contribution is -2.46. The van der Waals surface area contributed by atoms with Gasteiger partial charge in [0.25, 0.3) is 0 Å². The van der Waals surface area contributed by atoms with Crippen LogP contribution in [0.1, 0.15) is 38.2 Å². The predicted octanol–water partition coefficient (Wildman–Crippen LogP) is 2.12. The van der Waals surface area contributed by atoms with Gasteiger partial charge in [0.2, 0.25) is 17.7 Å². The Hall–Kier alpha value is -2.28. The van der Waals surface area contributed by atoms with Crippen LogP contribution in [0.15, 0.2) is 24.3 Å². The number of imide groups is 1. The predicted molar refractivity (Wildman–Crippen MR) is 101 cm³/mol. The van der Waals surface area contributed by atoms with E-state index in [9.17, 15) is 18.8 Å². The first-order valence-electron chi connectivity index (χ1n) is 9.75. The van der Waals surface area contributed by atoms with Gasteiger partial charge in [0.15, 0.2) is 0 Å². The maximum atomic E-state index is 14.7. The molecule has 2 aliphatic heterocycles. The van der Waals surface area contributed by atoms with Crippen LogP contribution in [0.4, 0.5) is 4.39 Å². The van der Waals surface area contributed by atoms with Crippen LogP contribution in [0.5, 0.6) is 0 Å². The summed E-state index contributed by atoms with van der Waals surface area (Å²) in [6, 6.07) is 5.93. The first-order valence-corrected chi connectivity index (χ1v) is 9.75. The molecular weight excluding hydrogens is 363 g/mol. The molecule has 7 heteroatoms. The molecule has 0 unspecified atom stereocenters. The van der Waals surface area contributed by atoms with Gasteiger partial charge in [-0.25, -0.2) is 4.39 Å². The molecule has 1 aromatic carbocycles. The lowest BCUT2D eigenvalue weighted by molar-refractivity contribution is -0.143. The molecule has 2 heterocycles. The quantitative estimate of drug-likeness (QED) is 0.698. The minimum absolute atomic E-state index is 0.0965. The Bertz CT molecular complexity index is 769. The number of likely N-dealkylation sites (tertiary alicyclic amines) is 2. The third-order valence-electron chi connectivity index (χ3n) is 5.78. The Labute approximate surface area is 164 Å². The third kappa shape index (κ3) is 3.81. The van der Waals surface area contributed by atoms with Gasteiger partial charge >= 0.3 is 0 Å². The van der Waals surface area contributed by atoms with Crippen LogP contribution in [0.2, 0.25) is 0 Å². The minimum Gasteiger partial charge on any atom is -0.383 e. The van der Waals surface area contributed by atoms with Crippen molar-refractivity contribution in [2.75, 3.05) is 33.4 Å². The zero-order valence-electron chi connectivity index (χ0n) is 16.4. The number of ether oxygens (including phenoxy) is 1. The fraction of sp³-hybridized carbons (Fsp3) is 0.571. The second kappa shape index (κ2) is 8.39. The molecule has 2 saturated heterocycles. The normalized spacial score (nSPS) is 25.5. The van der Waals surface area contributed by atoms with Crippen molar-refractivity contribution in [2.45, 2.75) is 38.0 Å². The van der Waals surface area contributed by atoms with Gasteiger partial charge in [-0.1, -0.05) is 25.1 Å². The second-order valence-corrected chi connectivity index (χ2v) is 7.85. The average molecular weight is 390 g/mol. The van der Waals surface area contributed by atoms with Crippen molar-refractivity contribution in [1.29, 1.82) is 0 Å². The van der Waals surface area contributed by atoms with Crippen LogP contribution in [-0.2, 0) is 24.5 Å². The molecular formula is C21H27FN2O4. The Balaban J connectivity index is 1.95. The van der Waals surface area contributed by atoms with Gasteiger partial charge in [-0.05, 0) is 24.8 Å². The number of rotatable bonds is 6. The van der Waals surface area contributed by atoms with Crippen molar-refractivity contribution in [3.63, 3.8) is 0 Å². The van der Waals surface area contributed by atoms with E-state index in [0.29, 0.717) is 19.0 Å². The molecule has 0 aliphatic carbocycles. The molecule has 2 atom stereocenters. The largest absolute Gasteiger partial charge is 0.383 e. The summed E-state index contributed by atoms with van der Waals surface area (Å²) in [6.45, 7) is 3.64. The van der Waals surface area contributed by atoms with Crippen LogP contribution in [0, 0.1) is 11.7 Å². The molecule has 152 valence electrons. The maximum absolute atomic E-state index is 14.7. The zero-order chi connectivity index (χ0) is 20.3. The molecule has 0 aromatic heterocycles. The van der Waals surface area contributed by atoms with Crippen molar-refractivity contribution in [1.82, 2.24) is 9.80 Å².